The van der Waals surface area contributed by atoms with Gasteiger partial charge in [0.15, 0.2) is 0 Å². The van der Waals surface area contributed by atoms with E-state index in [4.69, 9.17) is 5.73 Å². The van der Waals surface area contributed by atoms with Gasteiger partial charge in [-0.05, 0) is 43.7 Å². The average Bonchev–Trinajstić information content (AvgIpc) is 2.47. The smallest absolute Gasteiger partial charge is 0.256 e. The summed E-state index contributed by atoms with van der Waals surface area (Å²) < 4.78 is 0.838. The van der Waals surface area contributed by atoms with Crippen molar-refractivity contribution in [2.45, 2.75) is 26.4 Å². The minimum atomic E-state index is -0.0762. The largest absolute Gasteiger partial charge is 0.398 e. The van der Waals surface area contributed by atoms with Gasteiger partial charge >= 0.3 is 0 Å². The lowest BCUT2D eigenvalue weighted by molar-refractivity contribution is 0.0691. The fourth-order valence-electron chi connectivity index (χ4n) is 2.05. The molecule has 0 aliphatic rings. The second-order valence-electron chi connectivity index (χ2n) is 5.12. The van der Waals surface area contributed by atoms with E-state index in [0.717, 1.165) is 10.0 Å². The van der Waals surface area contributed by atoms with Crippen molar-refractivity contribution in [2.75, 3.05) is 5.73 Å². The maximum atomic E-state index is 12.8. The maximum Gasteiger partial charge on any atom is 0.256 e. The Morgan fingerprint density at radius 3 is 2.76 bits per heavy atom. The van der Waals surface area contributed by atoms with Crippen molar-refractivity contribution in [3.05, 3.63) is 58.3 Å². The van der Waals surface area contributed by atoms with Crippen LogP contribution in [0.3, 0.4) is 0 Å². The van der Waals surface area contributed by atoms with Gasteiger partial charge in [0.05, 0.1) is 5.56 Å². The van der Waals surface area contributed by atoms with Crippen LogP contribution in [-0.2, 0) is 6.54 Å². The molecule has 0 unspecified atom stereocenters. The zero-order chi connectivity index (χ0) is 15.4. The normalized spacial score (nSPS) is 10.7. The van der Waals surface area contributed by atoms with Crippen molar-refractivity contribution >= 4 is 27.5 Å². The van der Waals surface area contributed by atoms with Crippen molar-refractivity contribution in [2.24, 2.45) is 0 Å². The summed E-state index contributed by atoms with van der Waals surface area (Å²) in [5.74, 6) is -0.0762. The molecule has 5 heteroatoms. The zero-order valence-electron chi connectivity index (χ0n) is 12.1. The number of benzene rings is 1. The summed E-state index contributed by atoms with van der Waals surface area (Å²) in [4.78, 5) is 18.6. The van der Waals surface area contributed by atoms with E-state index in [1.807, 2.05) is 32.0 Å². The van der Waals surface area contributed by atoms with Crippen LogP contribution in [0, 0.1) is 0 Å². The van der Waals surface area contributed by atoms with E-state index in [2.05, 4.69) is 20.9 Å². The fraction of sp³-hybridized carbons (Fsp3) is 0.250. The average molecular weight is 348 g/mol. The number of carbonyl (C=O) groups is 1. The minimum absolute atomic E-state index is 0.0658. The van der Waals surface area contributed by atoms with Gasteiger partial charge in [0.25, 0.3) is 5.91 Å². The van der Waals surface area contributed by atoms with Crippen molar-refractivity contribution in [1.82, 2.24) is 9.88 Å². The van der Waals surface area contributed by atoms with E-state index < -0.39 is 0 Å². The van der Waals surface area contributed by atoms with Crippen LogP contribution in [0.15, 0.2) is 47.2 Å². The van der Waals surface area contributed by atoms with Gasteiger partial charge < -0.3 is 10.6 Å². The van der Waals surface area contributed by atoms with Gasteiger partial charge in [-0.3, -0.25) is 9.78 Å². The first kappa shape index (κ1) is 15.5. The quantitative estimate of drug-likeness (QED) is 0.861. The lowest BCUT2D eigenvalue weighted by atomic mass is 10.1. The molecule has 2 rings (SSSR count). The molecule has 2 N–H and O–H groups in total. The zero-order valence-corrected chi connectivity index (χ0v) is 13.7. The summed E-state index contributed by atoms with van der Waals surface area (Å²) >= 11 is 3.38. The molecule has 0 radical (unpaired) electrons. The molecule has 1 aromatic carbocycles. The summed E-state index contributed by atoms with van der Waals surface area (Å²) in [5.41, 5.74) is 7.94. The minimum Gasteiger partial charge on any atom is -0.398 e. The molecule has 0 aliphatic heterocycles. The molecule has 0 saturated carbocycles. The topological polar surface area (TPSA) is 59.2 Å². The SMILES string of the molecule is CC(C)N(Cc1cccnc1)C(=O)c1cc(Br)ccc1N. The van der Waals surface area contributed by atoms with E-state index in [9.17, 15) is 4.79 Å². The Hall–Kier alpha value is -1.88. The highest BCUT2D eigenvalue weighted by molar-refractivity contribution is 9.10. The number of hydrogen-bond donors (Lipinski definition) is 1. The standard InChI is InChI=1S/C16H18BrN3O/c1-11(2)20(10-12-4-3-7-19-9-12)16(21)14-8-13(17)5-6-15(14)18/h3-9,11H,10,18H2,1-2H3. The molecule has 0 bridgehead atoms. The molecular formula is C16H18BrN3O. The molecule has 110 valence electrons. The number of aromatic nitrogens is 1. The molecule has 1 aromatic heterocycles. The molecule has 0 fully saturated rings. The highest BCUT2D eigenvalue weighted by Crippen LogP contribution is 2.22. The molecule has 0 aliphatic carbocycles. The molecule has 21 heavy (non-hydrogen) atoms. The van der Waals surface area contributed by atoms with Gasteiger partial charge in [-0.2, -0.15) is 0 Å². The molecule has 4 nitrogen and oxygen atoms in total. The lowest BCUT2D eigenvalue weighted by Gasteiger charge is -2.27. The number of anilines is 1. The molecule has 0 spiro atoms. The summed E-state index contributed by atoms with van der Waals surface area (Å²) in [6.07, 6.45) is 3.49. The summed E-state index contributed by atoms with van der Waals surface area (Å²) in [5, 5.41) is 0. The van der Waals surface area contributed by atoms with Crippen LogP contribution < -0.4 is 5.73 Å². The van der Waals surface area contributed by atoms with Crippen LogP contribution in [0.1, 0.15) is 29.8 Å². The van der Waals surface area contributed by atoms with Gasteiger partial charge in [0.2, 0.25) is 0 Å². The number of halogens is 1. The predicted octanol–water partition coefficient (Wildman–Crippen LogP) is 3.48. The van der Waals surface area contributed by atoms with Gasteiger partial charge in [-0.25, -0.2) is 0 Å². The Bertz CT molecular complexity index is 629. The number of rotatable bonds is 4. The number of carbonyl (C=O) groups excluding carboxylic acids is 1. The van der Waals surface area contributed by atoms with E-state index in [1.54, 1.807) is 29.4 Å². The second kappa shape index (κ2) is 6.72. The van der Waals surface area contributed by atoms with Crippen LogP contribution in [-0.4, -0.2) is 21.8 Å². The first-order valence-electron chi connectivity index (χ1n) is 6.74. The highest BCUT2D eigenvalue weighted by Gasteiger charge is 2.21. The van der Waals surface area contributed by atoms with Crippen molar-refractivity contribution in [3.63, 3.8) is 0 Å². The number of hydrogen-bond acceptors (Lipinski definition) is 3. The van der Waals surface area contributed by atoms with Crippen LogP contribution in [0.2, 0.25) is 0 Å². The van der Waals surface area contributed by atoms with Gasteiger partial charge in [0, 0.05) is 35.1 Å². The molecule has 0 saturated heterocycles. The van der Waals surface area contributed by atoms with Crippen molar-refractivity contribution in [1.29, 1.82) is 0 Å². The highest BCUT2D eigenvalue weighted by atomic mass is 79.9. The monoisotopic (exact) mass is 347 g/mol. The Balaban J connectivity index is 2.30. The third-order valence-electron chi connectivity index (χ3n) is 3.21. The van der Waals surface area contributed by atoms with Crippen molar-refractivity contribution in [3.8, 4) is 0 Å². The predicted molar refractivity (Wildman–Crippen MR) is 87.8 cm³/mol. The first-order chi connectivity index (χ1) is 9.99. The third-order valence-corrected chi connectivity index (χ3v) is 3.70. The van der Waals surface area contributed by atoms with Gasteiger partial charge in [-0.15, -0.1) is 0 Å². The Morgan fingerprint density at radius 1 is 1.38 bits per heavy atom. The molecule has 2 aromatic rings. The third kappa shape index (κ3) is 3.82. The second-order valence-corrected chi connectivity index (χ2v) is 6.04. The van der Waals surface area contributed by atoms with Crippen LogP contribution in [0.4, 0.5) is 5.69 Å². The Labute approximate surface area is 133 Å². The molecule has 1 heterocycles. The maximum absolute atomic E-state index is 12.8. The summed E-state index contributed by atoms with van der Waals surface area (Å²) in [6, 6.07) is 9.21. The van der Waals surface area contributed by atoms with E-state index in [-0.39, 0.29) is 11.9 Å². The Kier molecular flexibility index (Phi) is 4.96. The van der Waals surface area contributed by atoms with Crippen LogP contribution >= 0.6 is 15.9 Å². The number of nitrogens with two attached hydrogens (primary N) is 1. The van der Waals surface area contributed by atoms with Gasteiger partial charge in [-0.1, -0.05) is 22.0 Å². The lowest BCUT2D eigenvalue weighted by Crippen LogP contribution is -2.36. The Morgan fingerprint density at radius 2 is 2.14 bits per heavy atom. The number of pyridine rings is 1. The number of nitrogen functional groups attached to an aromatic ring is 1. The van der Waals surface area contributed by atoms with Crippen LogP contribution in [0.5, 0.6) is 0 Å². The summed E-state index contributed by atoms with van der Waals surface area (Å²) in [6.45, 7) is 4.49. The molecular weight excluding hydrogens is 330 g/mol. The number of nitrogens with zero attached hydrogens (tertiary/aromatic N) is 2. The fourth-order valence-corrected chi connectivity index (χ4v) is 2.41. The number of amides is 1. The molecule has 0 atom stereocenters. The van der Waals surface area contributed by atoms with Crippen molar-refractivity contribution < 1.29 is 4.79 Å². The first-order valence-corrected chi connectivity index (χ1v) is 7.53. The van der Waals surface area contributed by atoms with E-state index in [1.165, 1.54) is 0 Å². The van der Waals surface area contributed by atoms with Crippen LogP contribution in [0.25, 0.3) is 0 Å². The summed E-state index contributed by atoms with van der Waals surface area (Å²) in [7, 11) is 0. The van der Waals surface area contributed by atoms with Gasteiger partial charge in [0.1, 0.15) is 0 Å². The van der Waals surface area contributed by atoms with E-state index >= 15 is 0 Å². The van der Waals surface area contributed by atoms with E-state index in [0.29, 0.717) is 17.8 Å². The molecule has 1 amide bonds.